The van der Waals surface area contributed by atoms with Gasteiger partial charge in [0.25, 0.3) is 0 Å². The number of nitrogens with one attached hydrogen (secondary N) is 2. The van der Waals surface area contributed by atoms with Crippen LogP contribution < -0.4 is 10.6 Å². The van der Waals surface area contributed by atoms with Crippen molar-refractivity contribution in [2.75, 3.05) is 17.2 Å². The van der Waals surface area contributed by atoms with Crippen molar-refractivity contribution in [2.24, 2.45) is 0 Å². The first-order chi connectivity index (χ1) is 10.1. The Labute approximate surface area is 122 Å². The van der Waals surface area contributed by atoms with Gasteiger partial charge in [-0.15, -0.1) is 0 Å². The minimum atomic E-state index is -0.427. The zero-order chi connectivity index (χ0) is 15.2. The zero-order valence-electron chi connectivity index (χ0n) is 11.6. The number of halogens is 1. The molecule has 0 saturated heterocycles. The van der Waals surface area contributed by atoms with Gasteiger partial charge in [-0.1, -0.05) is 13.0 Å². The summed E-state index contributed by atoms with van der Waals surface area (Å²) < 4.78 is 12.9. The molecule has 0 bridgehead atoms. The van der Waals surface area contributed by atoms with Crippen molar-refractivity contribution >= 4 is 22.7 Å². The van der Waals surface area contributed by atoms with Crippen LogP contribution in [-0.2, 0) is 0 Å². The molecule has 6 heteroatoms. The van der Waals surface area contributed by atoms with E-state index in [4.69, 9.17) is 0 Å². The molecule has 0 radical (unpaired) electrons. The van der Waals surface area contributed by atoms with Crippen molar-refractivity contribution in [1.82, 2.24) is 0 Å². The lowest BCUT2D eigenvalue weighted by Crippen LogP contribution is -2.05. The van der Waals surface area contributed by atoms with Crippen LogP contribution in [-0.4, -0.2) is 11.5 Å². The zero-order valence-corrected chi connectivity index (χ0v) is 11.6. The number of rotatable bonds is 6. The second kappa shape index (κ2) is 6.69. The van der Waals surface area contributed by atoms with Crippen LogP contribution in [0.15, 0.2) is 42.5 Å². The summed E-state index contributed by atoms with van der Waals surface area (Å²) in [4.78, 5) is 10.9. The number of nitrogens with zero attached hydrogens (tertiary/aromatic N) is 1. The van der Waals surface area contributed by atoms with Crippen molar-refractivity contribution in [2.45, 2.75) is 13.3 Å². The standard InChI is InChI=1S/C15H16FN3O2/c1-2-10-17-13-4-3-5-14(15(13)19(20)21)18-12-8-6-11(16)7-9-12/h3-9,17-18H,2,10H2,1H3. The topological polar surface area (TPSA) is 67.2 Å². The van der Waals surface area contributed by atoms with E-state index in [1.165, 1.54) is 24.3 Å². The number of hydrogen-bond acceptors (Lipinski definition) is 4. The molecule has 0 aromatic heterocycles. The summed E-state index contributed by atoms with van der Waals surface area (Å²) in [6, 6.07) is 10.7. The van der Waals surface area contributed by atoms with Gasteiger partial charge in [-0.3, -0.25) is 10.1 Å². The van der Waals surface area contributed by atoms with Crippen LogP contribution in [0.2, 0.25) is 0 Å². The van der Waals surface area contributed by atoms with E-state index in [-0.39, 0.29) is 11.5 Å². The van der Waals surface area contributed by atoms with Crippen LogP contribution in [0, 0.1) is 15.9 Å². The van der Waals surface area contributed by atoms with E-state index in [0.29, 0.717) is 23.6 Å². The number of benzene rings is 2. The van der Waals surface area contributed by atoms with Gasteiger partial charge in [-0.05, 0) is 42.8 Å². The smallest absolute Gasteiger partial charge is 0.315 e. The Balaban J connectivity index is 2.33. The Bertz CT molecular complexity index is 629. The lowest BCUT2D eigenvalue weighted by atomic mass is 10.2. The maximum atomic E-state index is 12.9. The van der Waals surface area contributed by atoms with Crippen LogP contribution in [0.1, 0.15) is 13.3 Å². The van der Waals surface area contributed by atoms with Gasteiger partial charge in [-0.2, -0.15) is 0 Å². The lowest BCUT2D eigenvalue weighted by molar-refractivity contribution is -0.383. The second-order valence-electron chi connectivity index (χ2n) is 4.52. The third-order valence-corrected chi connectivity index (χ3v) is 2.91. The molecular weight excluding hydrogens is 273 g/mol. The third kappa shape index (κ3) is 3.68. The van der Waals surface area contributed by atoms with Crippen molar-refractivity contribution in [3.05, 3.63) is 58.4 Å². The van der Waals surface area contributed by atoms with Crippen LogP contribution in [0.5, 0.6) is 0 Å². The fourth-order valence-corrected chi connectivity index (χ4v) is 1.93. The van der Waals surface area contributed by atoms with Gasteiger partial charge in [0.2, 0.25) is 0 Å². The van der Waals surface area contributed by atoms with E-state index in [1.54, 1.807) is 18.2 Å². The second-order valence-corrected chi connectivity index (χ2v) is 4.52. The molecule has 0 aliphatic carbocycles. The predicted octanol–water partition coefficient (Wildman–Crippen LogP) is 4.30. The highest BCUT2D eigenvalue weighted by Crippen LogP contribution is 2.34. The van der Waals surface area contributed by atoms with Crippen molar-refractivity contribution in [3.8, 4) is 0 Å². The summed E-state index contributed by atoms with van der Waals surface area (Å²) in [6.07, 6.45) is 0.868. The molecule has 0 amide bonds. The molecule has 2 rings (SSSR count). The van der Waals surface area contributed by atoms with Crippen molar-refractivity contribution < 1.29 is 9.31 Å². The predicted molar refractivity (Wildman–Crippen MR) is 81.6 cm³/mol. The minimum Gasteiger partial charge on any atom is -0.379 e. The molecule has 2 N–H and O–H groups in total. The fourth-order valence-electron chi connectivity index (χ4n) is 1.93. The van der Waals surface area contributed by atoms with Gasteiger partial charge in [0.15, 0.2) is 0 Å². The van der Waals surface area contributed by atoms with Gasteiger partial charge in [0.05, 0.1) is 4.92 Å². The van der Waals surface area contributed by atoms with E-state index in [2.05, 4.69) is 10.6 Å². The first kappa shape index (κ1) is 14.8. The molecule has 0 heterocycles. The van der Waals surface area contributed by atoms with E-state index in [1.807, 2.05) is 6.92 Å². The minimum absolute atomic E-state index is 0.0183. The van der Waals surface area contributed by atoms with Crippen LogP contribution >= 0.6 is 0 Å². The quantitative estimate of drug-likeness (QED) is 0.614. The van der Waals surface area contributed by atoms with Gasteiger partial charge in [0.1, 0.15) is 17.2 Å². The highest BCUT2D eigenvalue weighted by molar-refractivity contribution is 5.79. The van der Waals surface area contributed by atoms with Crippen molar-refractivity contribution in [3.63, 3.8) is 0 Å². The van der Waals surface area contributed by atoms with Crippen LogP contribution in [0.4, 0.5) is 27.1 Å². The maximum Gasteiger partial charge on any atom is 0.315 e. The van der Waals surface area contributed by atoms with Gasteiger partial charge in [0, 0.05) is 12.2 Å². The maximum absolute atomic E-state index is 12.9. The first-order valence-corrected chi connectivity index (χ1v) is 6.65. The SMILES string of the molecule is CCCNc1cccc(Nc2ccc(F)cc2)c1[N+](=O)[O-]. The van der Waals surface area contributed by atoms with Gasteiger partial charge in [-0.25, -0.2) is 4.39 Å². The summed E-state index contributed by atoms with van der Waals surface area (Å²) in [7, 11) is 0. The highest BCUT2D eigenvalue weighted by atomic mass is 19.1. The Morgan fingerprint density at radius 1 is 1.14 bits per heavy atom. The third-order valence-electron chi connectivity index (χ3n) is 2.91. The van der Waals surface area contributed by atoms with Gasteiger partial charge >= 0.3 is 5.69 Å². The average Bonchev–Trinajstić information content (AvgIpc) is 2.47. The molecule has 5 nitrogen and oxygen atoms in total. The Hall–Kier alpha value is -2.63. The normalized spacial score (nSPS) is 10.2. The Kier molecular flexibility index (Phi) is 4.71. The molecule has 0 fully saturated rings. The number of nitro benzene ring substituents is 1. The molecule has 0 aliphatic rings. The summed E-state index contributed by atoms with van der Waals surface area (Å²) in [5, 5.41) is 17.3. The summed E-state index contributed by atoms with van der Waals surface area (Å²) in [6.45, 7) is 2.64. The summed E-state index contributed by atoms with van der Waals surface area (Å²) >= 11 is 0. The Morgan fingerprint density at radius 2 is 1.81 bits per heavy atom. The van der Waals surface area contributed by atoms with E-state index >= 15 is 0 Å². The Morgan fingerprint density at radius 3 is 2.43 bits per heavy atom. The van der Waals surface area contributed by atoms with Gasteiger partial charge < -0.3 is 10.6 Å². The molecule has 0 unspecified atom stereocenters. The first-order valence-electron chi connectivity index (χ1n) is 6.65. The van der Waals surface area contributed by atoms with Crippen molar-refractivity contribution in [1.29, 1.82) is 0 Å². The molecule has 21 heavy (non-hydrogen) atoms. The molecular formula is C15H16FN3O2. The van der Waals surface area contributed by atoms with Crippen LogP contribution in [0.25, 0.3) is 0 Å². The fraction of sp³-hybridized carbons (Fsp3) is 0.200. The molecule has 2 aromatic rings. The monoisotopic (exact) mass is 289 g/mol. The van der Waals surface area contributed by atoms with Crippen LogP contribution in [0.3, 0.4) is 0 Å². The molecule has 110 valence electrons. The lowest BCUT2D eigenvalue weighted by Gasteiger charge is -2.11. The number of hydrogen-bond donors (Lipinski definition) is 2. The summed E-state index contributed by atoms with van der Waals surface area (Å²) in [5.41, 5.74) is 1.41. The molecule has 0 spiro atoms. The van der Waals surface area contributed by atoms with E-state index < -0.39 is 4.92 Å². The number of anilines is 3. The molecule has 0 saturated carbocycles. The number of para-hydroxylation sites is 1. The molecule has 0 atom stereocenters. The largest absolute Gasteiger partial charge is 0.379 e. The van der Waals surface area contributed by atoms with E-state index in [9.17, 15) is 14.5 Å². The summed E-state index contributed by atoms with van der Waals surface area (Å²) in [5.74, 6) is -0.353. The highest BCUT2D eigenvalue weighted by Gasteiger charge is 2.19. The molecule has 2 aromatic carbocycles. The molecule has 0 aliphatic heterocycles. The average molecular weight is 289 g/mol. The number of nitro groups is 1. The van der Waals surface area contributed by atoms with E-state index in [0.717, 1.165) is 6.42 Å².